The number of anilines is 1. The number of benzene rings is 2. The van der Waals surface area contributed by atoms with Gasteiger partial charge in [-0.1, -0.05) is 50.3 Å². The summed E-state index contributed by atoms with van der Waals surface area (Å²) in [6.07, 6.45) is 6.62. The van der Waals surface area contributed by atoms with Crippen LogP contribution in [0.4, 0.5) is 5.69 Å². The maximum atomic E-state index is 13.5. The fourth-order valence-corrected chi connectivity index (χ4v) is 4.52. The van der Waals surface area contributed by atoms with E-state index in [2.05, 4.69) is 24.9 Å². The van der Waals surface area contributed by atoms with Crippen LogP contribution in [-0.4, -0.2) is 45.9 Å². The third-order valence-corrected chi connectivity index (χ3v) is 6.42. The number of fused-ring (bicyclic) bond motifs is 2. The molecule has 2 N–H and O–H groups in total. The highest BCUT2D eigenvalue weighted by molar-refractivity contribution is 6.11. The van der Waals surface area contributed by atoms with Gasteiger partial charge in [0.25, 0.3) is 5.91 Å². The molecule has 0 saturated carbocycles. The number of carbonyl (C=O) groups excluding carboxylic acids is 2. The van der Waals surface area contributed by atoms with E-state index in [1.807, 2.05) is 60.5 Å². The van der Waals surface area contributed by atoms with Crippen molar-refractivity contribution in [1.29, 1.82) is 0 Å². The molecule has 2 heterocycles. The lowest BCUT2D eigenvalue weighted by molar-refractivity contribution is -0.137. The van der Waals surface area contributed by atoms with Gasteiger partial charge in [0.15, 0.2) is 0 Å². The largest absolute Gasteiger partial charge is 0.481 e. The first kappa shape index (κ1) is 24.3. The molecule has 3 aromatic rings. The number of amides is 2. The number of nitrogens with zero attached hydrogens (tertiary/aromatic N) is 2. The van der Waals surface area contributed by atoms with Gasteiger partial charge in [-0.2, -0.15) is 0 Å². The number of aromatic nitrogens is 1. The van der Waals surface area contributed by atoms with Crippen LogP contribution in [0.3, 0.4) is 0 Å². The summed E-state index contributed by atoms with van der Waals surface area (Å²) in [7, 11) is 0. The Kier molecular flexibility index (Phi) is 7.05. The molecule has 182 valence electrons. The number of carboxylic acids is 1. The Morgan fingerprint density at radius 1 is 1.14 bits per heavy atom. The Morgan fingerprint density at radius 2 is 1.91 bits per heavy atom. The first-order valence-electron chi connectivity index (χ1n) is 12.0. The van der Waals surface area contributed by atoms with E-state index < -0.39 is 17.8 Å². The summed E-state index contributed by atoms with van der Waals surface area (Å²) in [6, 6.07) is 13.4. The molecule has 1 aliphatic rings. The van der Waals surface area contributed by atoms with E-state index in [9.17, 15) is 14.4 Å². The molecule has 1 unspecified atom stereocenters. The molecular weight excluding hydrogens is 442 g/mol. The van der Waals surface area contributed by atoms with E-state index in [0.29, 0.717) is 17.2 Å². The molecular formula is C28H31N3O4. The minimum atomic E-state index is -1.05. The van der Waals surface area contributed by atoms with Crippen molar-refractivity contribution < 1.29 is 19.5 Å². The van der Waals surface area contributed by atoms with Crippen LogP contribution in [0.5, 0.6) is 0 Å². The second kappa shape index (κ2) is 10.2. The van der Waals surface area contributed by atoms with Crippen molar-refractivity contribution in [2.75, 3.05) is 18.0 Å². The average molecular weight is 474 g/mol. The SMILES string of the molecule is CC(C)CC=Cc1ccc2c(c1)C(=O)N(CCC(=O)O)C(=O)CN2C(C)c1c[nH]c2ccccc12. The number of nitrogens with one attached hydrogen (secondary N) is 1. The molecule has 0 bridgehead atoms. The topological polar surface area (TPSA) is 93.7 Å². The Morgan fingerprint density at radius 3 is 2.66 bits per heavy atom. The van der Waals surface area contributed by atoms with Crippen molar-refractivity contribution in [2.45, 2.75) is 39.7 Å². The first-order chi connectivity index (χ1) is 16.8. The Bertz CT molecular complexity index is 1290. The number of carboxylic acid groups (broad SMARTS) is 1. The standard InChI is InChI=1S/C28H31N3O4/c1-18(2)7-6-8-20-11-12-25-22(15-20)28(35)30(14-13-27(33)34)26(32)17-31(25)19(3)23-16-29-24-10-5-4-9-21(23)24/h4-6,8-12,15-16,18-19,29H,7,13-14,17H2,1-3H3,(H,33,34). The summed E-state index contributed by atoms with van der Waals surface area (Å²) in [5.74, 6) is -1.40. The Balaban J connectivity index is 1.77. The number of hydrogen-bond donors (Lipinski definition) is 2. The van der Waals surface area contributed by atoms with Crippen LogP contribution in [-0.2, 0) is 9.59 Å². The predicted octanol–water partition coefficient (Wildman–Crippen LogP) is 5.25. The summed E-state index contributed by atoms with van der Waals surface area (Å²) in [5, 5.41) is 10.2. The molecule has 1 aromatic heterocycles. The summed E-state index contributed by atoms with van der Waals surface area (Å²) in [6.45, 7) is 6.11. The van der Waals surface area contributed by atoms with Crippen molar-refractivity contribution in [1.82, 2.24) is 9.88 Å². The normalized spacial score (nSPS) is 15.2. The Labute approximate surface area is 205 Å². The molecule has 0 radical (unpaired) electrons. The van der Waals surface area contributed by atoms with Gasteiger partial charge in [-0.15, -0.1) is 0 Å². The lowest BCUT2D eigenvalue weighted by atomic mass is 10.0. The average Bonchev–Trinajstić information content (AvgIpc) is 3.22. The first-order valence-corrected chi connectivity index (χ1v) is 12.0. The number of para-hydroxylation sites is 1. The number of carbonyl (C=O) groups is 3. The molecule has 1 atom stereocenters. The van der Waals surface area contributed by atoms with Crippen molar-refractivity contribution in [3.63, 3.8) is 0 Å². The number of hydrogen-bond acceptors (Lipinski definition) is 4. The van der Waals surface area contributed by atoms with Gasteiger partial charge in [0, 0.05) is 23.6 Å². The number of aliphatic carboxylic acids is 1. The molecule has 0 aliphatic carbocycles. The molecule has 2 aromatic carbocycles. The van der Waals surface area contributed by atoms with Crippen LogP contribution in [0.25, 0.3) is 17.0 Å². The number of H-pyrrole nitrogens is 1. The van der Waals surface area contributed by atoms with Gasteiger partial charge in [0.1, 0.15) is 0 Å². The highest BCUT2D eigenvalue weighted by Gasteiger charge is 2.35. The van der Waals surface area contributed by atoms with Crippen molar-refractivity contribution in [3.8, 4) is 0 Å². The van der Waals surface area contributed by atoms with Gasteiger partial charge in [-0.25, -0.2) is 0 Å². The van der Waals surface area contributed by atoms with Gasteiger partial charge < -0.3 is 15.0 Å². The van der Waals surface area contributed by atoms with Gasteiger partial charge in [0.2, 0.25) is 5.91 Å². The van der Waals surface area contributed by atoms with Gasteiger partial charge in [0.05, 0.1) is 30.3 Å². The van der Waals surface area contributed by atoms with Crippen molar-refractivity contribution in [3.05, 3.63) is 71.4 Å². The van der Waals surface area contributed by atoms with Crippen molar-refractivity contribution >= 4 is 40.4 Å². The molecule has 0 fully saturated rings. The van der Waals surface area contributed by atoms with Crippen LogP contribution >= 0.6 is 0 Å². The number of rotatable bonds is 8. The lowest BCUT2D eigenvalue weighted by Crippen LogP contribution is -2.42. The summed E-state index contributed by atoms with van der Waals surface area (Å²) in [5.41, 5.74) is 3.96. The number of allylic oxidation sites excluding steroid dienone is 1. The monoisotopic (exact) mass is 473 g/mol. The fraction of sp³-hybridized carbons (Fsp3) is 0.321. The van der Waals surface area contributed by atoms with Crippen LogP contribution in [0, 0.1) is 5.92 Å². The zero-order chi connectivity index (χ0) is 25.1. The second-order valence-electron chi connectivity index (χ2n) is 9.40. The van der Waals surface area contributed by atoms with Gasteiger partial charge in [-0.05, 0) is 48.6 Å². The second-order valence-corrected chi connectivity index (χ2v) is 9.40. The maximum Gasteiger partial charge on any atom is 0.305 e. The summed E-state index contributed by atoms with van der Waals surface area (Å²) < 4.78 is 0. The predicted molar refractivity (Wildman–Crippen MR) is 137 cm³/mol. The zero-order valence-corrected chi connectivity index (χ0v) is 20.3. The van der Waals surface area contributed by atoms with Crippen molar-refractivity contribution in [2.24, 2.45) is 5.92 Å². The molecule has 1 aliphatic heterocycles. The smallest absolute Gasteiger partial charge is 0.305 e. The van der Waals surface area contributed by atoms with Crippen LogP contribution in [0.2, 0.25) is 0 Å². The molecule has 7 heteroatoms. The summed E-state index contributed by atoms with van der Waals surface area (Å²) >= 11 is 0. The van der Waals surface area contributed by atoms with E-state index in [0.717, 1.165) is 33.4 Å². The van der Waals surface area contributed by atoms with E-state index >= 15 is 0 Å². The maximum absolute atomic E-state index is 13.5. The number of aromatic amines is 1. The Hall–Kier alpha value is -3.87. The highest BCUT2D eigenvalue weighted by Crippen LogP contribution is 2.36. The molecule has 2 amide bonds. The van der Waals surface area contributed by atoms with E-state index in [4.69, 9.17) is 5.11 Å². The lowest BCUT2D eigenvalue weighted by Gasteiger charge is -2.30. The molecule has 0 spiro atoms. The highest BCUT2D eigenvalue weighted by atomic mass is 16.4. The molecule has 7 nitrogen and oxygen atoms in total. The van der Waals surface area contributed by atoms with Gasteiger partial charge >= 0.3 is 5.97 Å². The minimum Gasteiger partial charge on any atom is -0.481 e. The third kappa shape index (κ3) is 5.14. The quantitative estimate of drug-likeness (QED) is 0.436. The van der Waals surface area contributed by atoms with Gasteiger partial charge in [-0.3, -0.25) is 19.3 Å². The van der Waals surface area contributed by atoms with Crippen LogP contribution in [0.1, 0.15) is 61.1 Å². The van der Waals surface area contributed by atoms with E-state index in [1.165, 1.54) is 0 Å². The zero-order valence-electron chi connectivity index (χ0n) is 20.3. The number of imide groups is 1. The van der Waals surface area contributed by atoms with Crippen LogP contribution in [0.15, 0.2) is 54.7 Å². The molecule has 0 saturated heterocycles. The van der Waals surface area contributed by atoms with Crippen LogP contribution < -0.4 is 4.90 Å². The molecule has 35 heavy (non-hydrogen) atoms. The fourth-order valence-electron chi connectivity index (χ4n) is 4.52. The van der Waals surface area contributed by atoms with E-state index in [-0.39, 0.29) is 25.6 Å². The third-order valence-electron chi connectivity index (χ3n) is 6.42. The van der Waals surface area contributed by atoms with E-state index in [1.54, 1.807) is 6.07 Å². The molecule has 4 rings (SSSR count). The minimum absolute atomic E-state index is 0.0262. The summed E-state index contributed by atoms with van der Waals surface area (Å²) in [4.78, 5) is 44.3.